The van der Waals surface area contributed by atoms with E-state index in [2.05, 4.69) is 23.6 Å². The molecule has 1 fully saturated rings. The van der Waals surface area contributed by atoms with Gasteiger partial charge in [0.05, 0.1) is 19.8 Å². The number of morpholine rings is 1. The molecule has 1 aliphatic heterocycles. The maximum absolute atomic E-state index is 9.01. The van der Waals surface area contributed by atoms with Gasteiger partial charge in [-0.2, -0.15) is 0 Å². The van der Waals surface area contributed by atoms with Gasteiger partial charge in [0.25, 0.3) is 0 Å². The van der Waals surface area contributed by atoms with Crippen LogP contribution in [0.15, 0.2) is 0 Å². The van der Waals surface area contributed by atoms with Gasteiger partial charge in [-0.1, -0.05) is 13.8 Å². The summed E-state index contributed by atoms with van der Waals surface area (Å²) in [5.41, 5.74) is 0. The summed E-state index contributed by atoms with van der Waals surface area (Å²) >= 11 is 0. The van der Waals surface area contributed by atoms with Crippen LogP contribution in [-0.2, 0) is 4.74 Å². The van der Waals surface area contributed by atoms with Crippen molar-refractivity contribution in [1.29, 1.82) is 0 Å². The molecular formula is C12H26N2O2. The van der Waals surface area contributed by atoms with E-state index in [0.29, 0.717) is 5.92 Å². The van der Waals surface area contributed by atoms with Crippen LogP contribution in [0.4, 0.5) is 0 Å². The van der Waals surface area contributed by atoms with Crippen LogP contribution in [0, 0.1) is 5.92 Å². The molecule has 0 saturated carbocycles. The van der Waals surface area contributed by atoms with Crippen molar-refractivity contribution in [2.45, 2.75) is 13.8 Å². The number of aliphatic hydroxyl groups excluding tert-OH is 1. The van der Waals surface area contributed by atoms with E-state index in [1.54, 1.807) is 0 Å². The third-order valence-electron chi connectivity index (χ3n) is 2.88. The standard InChI is InChI=1S/C12H26N2O2/c1-12(2)11-14(5-8-15)4-3-13-6-9-16-10-7-13/h12,15H,3-11H2,1-2H3. The van der Waals surface area contributed by atoms with Gasteiger partial charge in [-0.3, -0.25) is 9.80 Å². The molecular weight excluding hydrogens is 204 g/mol. The lowest BCUT2D eigenvalue weighted by Crippen LogP contribution is -2.42. The van der Waals surface area contributed by atoms with E-state index in [9.17, 15) is 0 Å². The van der Waals surface area contributed by atoms with Crippen LogP contribution < -0.4 is 0 Å². The number of aliphatic hydroxyl groups is 1. The van der Waals surface area contributed by atoms with Crippen molar-refractivity contribution >= 4 is 0 Å². The molecule has 0 unspecified atom stereocenters. The molecule has 4 heteroatoms. The monoisotopic (exact) mass is 230 g/mol. The Labute approximate surface area is 99.2 Å². The van der Waals surface area contributed by atoms with Crippen LogP contribution in [-0.4, -0.2) is 74.0 Å². The van der Waals surface area contributed by atoms with Crippen molar-refractivity contribution in [3.8, 4) is 0 Å². The average Bonchev–Trinajstić information content (AvgIpc) is 2.27. The van der Waals surface area contributed by atoms with Crippen LogP contribution in [0.25, 0.3) is 0 Å². The van der Waals surface area contributed by atoms with Crippen LogP contribution in [0.2, 0.25) is 0 Å². The van der Waals surface area contributed by atoms with Crippen LogP contribution in [0.5, 0.6) is 0 Å². The summed E-state index contributed by atoms with van der Waals surface area (Å²) in [6.07, 6.45) is 0. The molecule has 0 spiro atoms. The Balaban J connectivity index is 2.19. The largest absolute Gasteiger partial charge is 0.395 e. The minimum atomic E-state index is 0.260. The quantitative estimate of drug-likeness (QED) is 0.681. The highest BCUT2D eigenvalue weighted by Gasteiger charge is 2.12. The van der Waals surface area contributed by atoms with Crippen LogP contribution >= 0.6 is 0 Å². The first-order valence-electron chi connectivity index (χ1n) is 6.35. The molecule has 1 N–H and O–H groups in total. The second-order valence-corrected chi connectivity index (χ2v) is 4.87. The molecule has 1 aliphatic rings. The maximum Gasteiger partial charge on any atom is 0.0594 e. The molecule has 96 valence electrons. The molecule has 0 aliphatic carbocycles. The van der Waals surface area contributed by atoms with Crippen molar-refractivity contribution in [3.63, 3.8) is 0 Å². The van der Waals surface area contributed by atoms with E-state index in [4.69, 9.17) is 9.84 Å². The van der Waals surface area contributed by atoms with E-state index in [-0.39, 0.29) is 6.61 Å². The van der Waals surface area contributed by atoms with E-state index < -0.39 is 0 Å². The third-order valence-corrected chi connectivity index (χ3v) is 2.88. The summed E-state index contributed by atoms with van der Waals surface area (Å²) in [5, 5.41) is 9.01. The first-order chi connectivity index (χ1) is 7.72. The smallest absolute Gasteiger partial charge is 0.0594 e. The minimum absolute atomic E-state index is 0.260. The summed E-state index contributed by atoms with van der Waals surface area (Å²) in [5.74, 6) is 0.663. The highest BCUT2D eigenvalue weighted by molar-refractivity contribution is 4.66. The molecule has 1 saturated heterocycles. The van der Waals surface area contributed by atoms with Gasteiger partial charge < -0.3 is 9.84 Å². The summed E-state index contributed by atoms with van der Waals surface area (Å²) in [6.45, 7) is 12.5. The molecule has 0 bridgehead atoms. The van der Waals surface area contributed by atoms with Gasteiger partial charge in [-0.15, -0.1) is 0 Å². The fourth-order valence-corrected chi connectivity index (χ4v) is 2.06. The zero-order chi connectivity index (χ0) is 11.8. The number of hydrogen-bond acceptors (Lipinski definition) is 4. The first kappa shape index (κ1) is 13.9. The van der Waals surface area contributed by atoms with Crippen molar-refractivity contribution < 1.29 is 9.84 Å². The second-order valence-electron chi connectivity index (χ2n) is 4.87. The van der Waals surface area contributed by atoms with Gasteiger partial charge in [0, 0.05) is 39.3 Å². The Bertz CT molecular complexity index is 170. The zero-order valence-corrected chi connectivity index (χ0v) is 10.7. The van der Waals surface area contributed by atoms with Crippen molar-refractivity contribution in [3.05, 3.63) is 0 Å². The molecule has 0 aromatic heterocycles. The van der Waals surface area contributed by atoms with E-state index in [0.717, 1.165) is 52.5 Å². The van der Waals surface area contributed by atoms with Crippen LogP contribution in [0.1, 0.15) is 13.8 Å². The normalized spacial score (nSPS) is 18.6. The topological polar surface area (TPSA) is 35.9 Å². The Kier molecular flexibility index (Phi) is 6.96. The zero-order valence-electron chi connectivity index (χ0n) is 10.7. The maximum atomic E-state index is 9.01. The predicted molar refractivity (Wildman–Crippen MR) is 65.6 cm³/mol. The molecule has 0 amide bonds. The average molecular weight is 230 g/mol. The summed E-state index contributed by atoms with van der Waals surface area (Å²) < 4.78 is 5.32. The van der Waals surface area contributed by atoms with E-state index in [1.807, 2.05) is 0 Å². The van der Waals surface area contributed by atoms with Gasteiger partial charge in [0.1, 0.15) is 0 Å². The van der Waals surface area contributed by atoms with E-state index in [1.165, 1.54) is 0 Å². The Morgan fingerprint density at radius 2 is 1.94 bits per heavy atom. The van der Waals surface area contributed by atoms with Gasteiger partial charge in [0.2, 0.25) is 0 Å². The lowest BCUT2D eigenvalue weighted by molar-refractivity contribution is 0.0318. The fourth-order valence-electron chi connectivity index (χ4n) is 2.06. The fraction of sp³-hybridized carbons (Fsp3) is 1.00. The number of rotatable bonds is 7. The predicted octanol–water partition coefficient (Wildman–Crippen LogP) is 0.269. The Morgan fingerprint density at radius 1 is 1.25 bits per heavy atom. The van der Waals surface area contributed by atoms with Gasteiger partial charge in [0.15, 0.2) is 0 Å². The van der Waals surface area contributed by atoms with Crippen molar-refractivity contribution in [1.82, 2.24) is 9.80 Å². The minimum Gasteiger partial charge on any atom is -0.395 e. The highest BCUT2D eigenvalue weighted by atomic mass is 16.5. The van der Waals surface area contributed by atoms with Crippen molar-refractivity contribution in [2.24, 2.45) is 5.92 Å². The first-order valence-corrected chi connectivity index (χ1v) is 6.35. The summed E-state index contributed by atoms with van der Waals surface area (Å²) in [7, 11) is 0. The lowest BCUT2D eigenvalue weighted by atomic mass is 10.2. The number of ether oxygens (including phenoxy) is 1. The second kappa shape index (κ2) is 8.01. The van der Waals surface area contributed by atoms with Gasteiger partial charge in [-0.05, 0) is 5.92 Å². The molecule has 0 atom stereocenters. The molecule has 1 heterocycles. The molecule has 0 aromatic carbocycles. The lowest BCUT2D eigenvalue weighted by Gasteiger charge is -2.30. The molecule has 16 heavy (non-hydrogen) atoms. The van der Waals surface area contributed by atoms with Crippen LogP contribution in [0.3, 0.4) is 0 Å². The number of hydrogen-bond donors (Lipinski definition) is 1. The molecule has 0 aromatic rings. The highest BCUT2D eigenvalue weighted by Crippen LogP contribution is 2.01. The SMILES string of the molecule is CC(C)CN(CCO)CCN1CCOCC1. The molecule has 0 radical (unpaired) electrons. The Hall–Kier alpha value is -0.160. The molecule has 4 nitrogen and oxygen atoms in total. The van der Waals surface area contributed by atoms with Gasteiger partial charge in [-0.25, -0.2) is 0 Å². The summed E-state index contributed by atoms with van der Waals surface area (Å²) in [4.78, 5) is 4.79. The van der Waals surface area contributed by atoms with Gasteiger partial charge >= 0.3 is 0 Å². The third kappa shape index (κ3) is 5.80. The van der Waals surface area contributed by atoms with E-state index >= 15 is 0 Å². The van der Waals surface area contributed by atoms with Crippen molar-refractivity contribution in [2.75, 3.05) is 59.1 Å². The summed E-state index contributed by atoms with van der Waals surface area (Å²) in [6, 6.07) is 0. The number of nitrogens with zero attached hydrogens (tertiary/aromatic N) is 2. The molecule has 1 rings (SSSR count). The Morgan fingerprint density at radius 3 is 2.50 bits per heavy atom.